The number of ether oxygens (including phenoxy) is 1. The molecular formula is C25H27ClN2O3. The highest BCUT2D eigenvalue weighted by Gasteiger charge is 2.24. The number of carbonyl (C=O) groups is 1. The number of amides is 1. The molecule has 0 radical (unpaired) electrons. The van der Waals surface area contributed by atoms with Crippen LogP contribution in [0.25, 0.3) is 0 Å². The smallest absolute Gasteiger partial charge is 0.289 e. The molecule has 0 bridgehead atoms. The quantitative estimate of drug-likeness (QED) is 0.538. The summed E-state index contributed by atoms with van der Waals surface area (Å²) < 4.78 is 11.7. The molecule has 1 amide bonds. The average Bonchev–Trinajstić information content (AvgIpc) is 3.25. The third-order valence-electron chi connectivity index (χ3n) is 5.56. The number of furan rings is 1. The van der Waals surface area contributed by atoms with Gasteiger partial charge in [0.1, 0.15) is 18.1 Å². The van der Waals surface area contributed by atoms with Crippen molar-refractivity contribution in [1.29, 1.82) is 0 Å². The molecule has 1 aromatic heterocycles. The lowest BCUT2D eigenvalue weighted by Crippen LogP contribution is -2.48. The summed E-state index contributed by atoms with van der Waals surface area (Å²) in [4.78, 5) is 17.0. The predicted octanol–water partition coefficient (Wildman–Crippen LogP) is 5.09. The van der Waals surface area contributed by atoms with Gasteiger partial charge >= 0.3 is 0 Å². The van der Waals surface area contributed by atoms with Gasteiger partial charge in [-0.05, 0) is 60.9 Å². The molecule has 4 rings (SSSR count). The summed E-state index contributed by atoms with van der Waals surface area (Å²) >= 11 is 5.96. The van der Waals surface area contributed by atoms with E-state index in [0.29, 0.717) is 31.2 Å². The molecule has 1 fully saturated rings. The number of carbonyl (C=O) groups excluding carboxylic acids is 1. The normalized spacial score (nSPS) is 14.6. The van der Waals surface area contributed by atoms with Crippen molar-refractivity contribution in [2.24, 2.45) is 0 Å². The number of nitrogens with zero attached hydrogens (tertiary/aromatic N) is 2. The van der Waals surface area contributed by atoms with E-state index >= 15 is 0 Å². The monoisotopic (exact) mass is 438 g/mol. The van der Waals surface area contributed by atoms with Crippen LogP contribution in [0.2, 0.25) is 5.02 Å². The van der Waals surface area contributed by atoms with Crippen LogP contribution < -0.4 is 4.74 Å². The molecule has 31 heavy (non-hydrogen) atoms. The molecule has 0 N–H and O–H groups in total. The van der Waals surface area contributed by atoms with E-state index in [1.54, 1.807) is 6.07 Å². The molecule has 162 valence electrons. The molecule has 0 unspecified atom stereocenters. The maximum atomic E-state index is 12.8. The molecule has 0 aliphatic carbocycles. The summed E-state index contributed by atoms with van der Waals surface area (Å²) in [6, 6.07) is 17.6. The number of aryl methyl sites for hydroxylation is 2. The Labute approximate surface area is 188 Å². The Morgan fingerprint density at radius 1 is 1.00 bits per heavy atom. The Morgan fingerprint density at radius 2 is 1.74 bits per heavy atom. The molecule has 1 saturated heterocycles. The molecule has 6 heteroatoms. The van der Waals surface area contributed by atoms with E-state index in [4.69, 9.17) is 20.8 Å². The highest BCUT2D eigenvalue weighted by Crippen LogP contribution is 2.21. The molecule has 1 aliphatic heterocycles. The first-order valence-electron chi connectivity index (χ1n) is 10.5. The van der Waals surface area contributed by atoms with Crippen LogP contribution in [-0.2, 0) is 13.2 Å². The molecule has 2 heterocycles. The molecule has 1 aliphatic rings. The zero-order chi connectivity index (χ0) is 21.8. The number of halogens is 1. The number of rotatable bonds is 6. The van der Waals surface area contributed by atoms with E-state index in [9.17, 15) is 4.79 Å². The lowest BCUT2D eigenvalue weighted by Gasteiger charge is -2.34. The van der Waals surface area contributed by atoms with E-state index in [1.807, 2.05) is 61.2 Å². The zero-order valence-electron chi connectivity index (χ0n) is 17.9. The summed E-state index contributed by atoms with van der Waals surface area (Å²) in [6.07, 6.45) is 0. The minimum absolute atomic E-state index is 0.0656. The number of hydrogen-bond donors (Lipinski definition) is 0. The van der Waals surface area contributed by atoms with Gasteiger partial charge in [0.2, 0.25) is 0 Å². The van der Waals surface area contributed by atoms with Crippen LogP contribution in [-0.4, -0.2) is 41.9 Å². The van der Waals surface area contributed by atoms with Crippen LogP contribution >= 0.6 is 11.6 Å². The third-order valence-corrected chi connectivity index (χ3v) is 5.82. The fourth-order valence-corrected chi connectivity index (χ4v) is 3.82. The molecule has 2 aromatic carbocycles. The van der Waals surface area contributed by atoms with Gasteiger partial charge in [0.05, 0.1) is 0 Å². The molecule has 3 aromatic rings. The number of piperazine rings is 1. The van der Waals surface area contributed by atoms with E-state index in [2.05, 4.69) is 11.0 Å². The van der Waals surface area contributed by atoms with Gasteiger partial charge in [0, 0.05) is 37.7 Å². The van der Waals surface area contributed by atoms with E-state index < -0.39 is 0 Å². The summed E-state index contributed by atoms with van der Waals surface area (Å²) in [5.74, 6) is 1.78. The summed E-state index contributed by atoms with van der Waals surface area (Å²) in [5.41, 5.74) is 3.44. The maximum absolute atomic E-state index is 12.8. The second kappa shape index (κ2) is 9.58. The van der Waals surface area contributed by atoms with Crippen LogP contribution in [0.15, 0.2) is 59.0 Å². The van der Waals surface area contributed by atoms with Crippen molar-refractivity contribution in [2.45, 2.75) is 27.0 Å². The van der Waals surface area contributed by atoms with Gasteiger partial charge < -0.3 is 14.1 Å². The van der Waals surface area contributed by atoms with Crippen LogP contribution in [0, 0.1) is 13.8 Å². The van der Waals surface area contributed by atoms with Crippen LogP contribution in [0.3, 0.4) is 0 Å². The third kappa shape index (κ3) is 5.49. The lowest BCUT2D eigenvalue weighted by atomic mass is 10.1. The van der Waals surface area contributed by atoms with Gasteiger partial charge in [0.25, 0.3) is 5.91 Å². The van der Waals surface area contributed by atoms with Crippen molar-refractivity contribution in [3.05, 3.63) is 87.8 Å². The highest BCUT2D eigenvalue weighted by atomic mass is 35.5. The largest absolute Gasteiger partial charge is 0.485 e. The summed E-state index contributed by atoms with van der Waals surface area (Å²) in [7, 11) is 0. The van der Waals surface area contributed by atoms with Crippen molar-refractivity contribution in [1.82, 2.24) is 9.80 Å². The van der Waals surface area contributed by atoms with Crippen molar-refractivity contribution < 1.29 is 13.9 Å². The van der Waals surface area contributed by atoms with Crippen LogP contribution in [0.5, 0.6) is 5.75 Å². The fourth-order valence-electron chi connectivity index (χ4n) is 3.70. The van der Waals surface area contributed by atoms with Crippen LogP contribution in [0.4, 0.5) is 0 Å². The Balaban J connectivity index is 1.29. The number of benzene rings is 2. The molecule has 0 spiro atoms. The van der Waals surface area contributed by atoms with E-state index in [-0.39, 0.29) is 5.91 Å². The van der Waals surface area contributed by atoms with Crippen molar-refractivity contribution in [2.75, 3.05) is 26.2 Å². The Morgan fingerprint density at radius 3 is 2.48 bits per heavy atom. The first-order chi connectivity index (χ1) is 15.0. The first-order valence-corrected chi connectivity index (χ1v) is 10.9. The Kier molecular flexibility index (Phi) is 6.64. The SMILES string of the molecule is Cc1ccc(C)c(OCc2ccc(C(=O)N3CCN(Cc4ccc(Cl)cc4)CC3)o2)c1. The van der Waals surface area contributed by atoms with Gasteiger partial charge in [0.15, 0.2) is 5.76 Å². The standard InChI is InChI=1S/C25H27ClN2O3/c1-18-3-4-19(2)24(15-18)30-17-22-9-10-23(31-22)25(29)28-13-11-27(12-14-28)16-20-5-7-21(26)8-6-20/h3-10,15H,11-14,16-17H2,1-2H3. The maximum Gasteiger partial charge on any atom is 0.289 e. The minimum atomic E-state index is -0.0656. The fraction of sp³-hybridized carbons (Fsp3) is 0.320. The van der Waals surface area contributed by atoms with Crippen LogP contribution in [0.1, 0.15) is 33.0 Å². The topological polar surface area (TPSA) is 45.9 Å². The Hall–Kier alpha value is -2.76. The Bertz CT molecular complexity index is 1040. The number of hydrogen-bond acceptors (Lipinski definition) is 4. The average molecular weight is 439 g/mol. The van der Waals surface area contributed by atoms with E-state index in [1.165, 1.54) is 5.56 Å². The minimum Gasteiger partial charge on any atom is -0.485 e. The van der Waals surface area contributed by atoms with Gasteiger partial charge in [-0.1, -0.05) is 35.9 Å². The van der Waals surface area contributed by atoms with Gasteiger partial charge in [-0.15, -0.1) is 0 Å². The first kappa shape index (κ1) is 21.5. The predicted molar refractivity (Wildman–Crippen MR) is 122 cm³/mol. The molecular weight excluding hydrogens is 412 g/mol. The van der Waals surface area contributed by atoms with Crippen molar-refractivity contribution in [3.8, 4) is 5.75 Å². The van der Waals surface area contributed by atoms with Crippen molar-refractivity contribution in [3.63, 3.8) is 0 Å². The molecule has 0 saturated carbocycles. The molecule has 5 nitrogen and oxygen atoms in total. The van der Waals surface area contributed by atoms with Crippen molar-refractivity contribution >= 4 is 17.5 Å². The van der Waals surface area contributed by atoms with Gasteiger partial charge in [-0.25, -0.2) is 0 Å². The van der Waals surface area contributed by atoms with Gasteiger partial charge in [-0.3, -0.25) is 9.69 Å². The summed E-state index contributed by atoms with van der Waals surface area (Å²) in [6.45, 7) is 8.23. The van der Waals surface area contributed by atoms with E-state index in [0.717, 1.165) is 41.5 Å². The highest BCUT2D eigenvalue weighted by molar-refractivity contribution is 6.30. The summed E-state index contributed by atoms with van der Waals surface area (Å²) in [5, 5.41) is 0.747. The second-order valence-corrected chi connectivity index (χ2v) is 8.45. The lowest BCUT2D eigenvalue weighted by molar-refractivity contribution is 0.0594. The zero-order valence-corrected chi connectivity index (χ0v) is 18.7. The van der Waals surface area contributed by atoms with Gasteiger partial charge in [-0.2, -0.15) is 0 Å². The second-order valence-electron chi connectivity index (χ2n) is 8.02. The molecule has 0 atom stereocenters.